The molecule has 1 N–H and O–H groups in total. The Bertz CT molecular complexity index is 200. The molecular weight excluding hydrogens is 128 g/mol. The van der Waals surface area contributed by atoms with Crippen LogP contribution in [0, 0.1) is 11.3 Å². The second-order valence-corrected chi connectivity index (χ2v) is 2.24. The molecule has 3 heteroatoms. The highest BCUT2D eigenvalue weighted by Gasteiger charge is 2.10. The fraction of sp³-hybridized carbons (Fsp3) is 0.429. The van der Waals surface area contributed by atoms with Crippen LogP contribution in [0.1, 0.15) is 13.8 Å². The van der Waals surface area contributed by atoms with Crippen LogP contribution in [0.4, 0.5) is 0 Å². The summed E-state index contributed by atoms with van der Waals surface area (Å²) in [4.78, 5) is 2.69. The standard InChI is InChI=1S/C7H10N2O/c1-5(2)6(3)7(10)4-9-8/h4,6H,1H2,2-3H3/p+1/b7-4-. The lowest BCUT2D eigenvalue weighted by atomic mass is 10.0. The van der Waals surface area contributed by atoms with Crippen LogP contribution in [0.15, 0.2) is 24.1 Å². The van der Waals surface area contributed by atoms with Gasteiger partial charge in [0.2, 0.25) is 5.39 Å². The van der Waals surface area contributed by atoms with Crippen LogP contribution < -0.4 is 0 Å². The van der Waals surface area contributed by atoms with E-state index in [1.54, 1.807) is 13.8 Å². The Kier molecular flexibility index (Phi) is 3.20. The van der Waals surface area contributed by atoms with Gasteiger partial charge in [0.05, 0.1) is 0 Å². The summed E-state index contributed by atoms with van der Waals surface area (Å²) in [6, 6.07) is 0. The molecule has 0 saturated carbocycles. The van der Waals surface area contributed by atoms with Crippen molar-refractivity contribution in [3.8, 4) is 0 Å². The highest BCUT2D eigenvalue weighted by atomic mass is 16.3. The van der Waals surface area contributed by atoms with Crippen LogP contribution in [0.2, 0.25) is 0 Å². The predicted octanol–water partition coefficient (Wildman–Crippen LogP) is 2.45. The first kappa shape index (κ1) is 8.70. The minimum absolute atomic E-state index is 0.0231. The summed E-state index contributed by atoms with van der Waals surface area (Å²) in [5.74, 6) is -0.120. The largest absolute Gasteiger partial charge is 0.505 e. The van der Waals surface area contributed by atoms with E-state index in [1.165, 1.54) is 0 Å². The molecular formula is C7H11N2O+. The Hall–Kier alpha value is -1.30. The van der Waals surface area contributed by atoms with Gasteiger partial charge in [0, 0.05) is 5.92 Å². The van der Waals surface area contributed by atoms with E-state index >= 15 is 0 Å². The zero-order chi connectivity index (χ0) is 8.15. The normalized spacial score (nSPS) is 13.9. The molecule has 0 bridgehead atoms. The van der Waals surface area contributed by atoms with Crippen molar-refractivity contribution < 1.29 is 5.11 Å². The third-order valence-corrected chi connectivity index (χ3v) is 1.37. The summed E-state index contributed by atoms with van der Waals surface area (Å²) in [5, 5.41) is 17.1. The molecule has 0 aliphatic carbocycles. The molecule has 0 aromatic rings. The number of hydrogen-bond acceptors (Lipinski definition) is 2. The minimum Gasteiger partial charge on any atom is -0.505 e. The van der Waals surface area contributed by atoms with E-state index in [9.17, 15) is 0 Å². The number of aliphatic hydroxyl groups is 1. The first-order chi connectivity index (χ1) is 4.59. The van der Waals surface area contributed by atoms with Crippen LogP contribution in [-0.4, -0.2) is 5.11 Å². The smallest absolute Gasteiger partial charge is 0.387 e. The van der Waals surface area contributed by atoms with Gasteiger partial charge in [-0.05, 0) is 6.92 Å². The average molecular weight is 139 g/mol. The Balaban J connectivity index is 4.24. The fourth-order valence-corrected chi connectivity index (χ4v) is 0.423. The second kappa shape index (κ2) is 3.67. The van der Waals surface area contributed by atoms with Gasteiger partial charge in [-0.15, -0.1) is 0 Å². The van der Waals surface area contributed by atoms with E-state index in [-0.39, 0.29) is 11.7 Å². The van der Waals surface area contributed by atoms with Gasteiger partial charge >= 0.3 is 6.20 Å². The Morgan fingerprint density at radius 1 is 1.80 bits per heavy atom. The summed E-state index contributed by atoms with van der Waals surface area (Å²) < 4.78 is 0. The first-order valence-corrected chi connectivity index (χ1v) is 2.98. The minimum atomic E-state index is -0.143. The van der Waals surface area contributed by atoms with Gasteiger partial charge in [-0.3, -0.25) is 0 Å². The van der Waals surface area contributed by atoms with Crippen molar-refractivity contribution in [1.29, 1.82) is 5.39 Å². The van der Waals surface area contributed by atoms with Gasteiger partial charge in [-0.2, -0.15) is 0 Å². The highest BCUT2D eigenvalue weighted by Crippen LogP contribution is 2.14. The zero-order valence-electron chi connectivity index (χ0n) is 6.20. The molecule has 0 spiro atoms. The number of aliphatic hydroxyl groups excluding tert-OH is 1. The maximum atomic E-state index is 9.03. The zero-order valence-corrected chi connectivity index (χ0v) is 6.20. The molecule has 0 aliphatic heterocycles. The number of nitrogens with zero attached hydrogens (tertiary/aromatic N) is 2. The molecule has 1 atom stereocenters. The fourth-order valence-electron chi connectivity index (χ4n) is 0.423. The summed E-state index contributed by atoms with van der Waals surface area (Å²) >= 11 is 0. The molecule has 0 aromatic heterocycles. The van der Waals surface area contributed by atoms with Crippen molar-refractivity contribution in [3.05, 3.63) is 29.1 Å². The van der Waals surface area contributed by atoms with Gasteiger partial charge in [-0.25, -0.2) is 0 Å². The predicted molar refractivity (Wildman–Crippen MR) is 39.8 cm³/mol. The summed E-state index contributed by atoms with van der Waals surface area (Å²) in [7, 11) is 0. The molecule has 0 fully saturated rings. The van der Waals surface area contributed by atoms with Crippen molar-refractivity contribution in [1.82, 2.24) is 0 Å². The number of diazo groups is 1. The third-order valence-electron chi connectivity index (χ3n) is 1.37. The topological polar surface area (TPSA) is 48.4 Å². The quantitative estimate of drug-likeness (QED) is 0.363. The maximum absolute atomic E-state index is 9.03. The SMILES string of the molecule is C=C(C)C(C)/C(O)=C/[N+]#N. The van der Waals surface area contributed by atoms with E-state index in [0.29, 0.717) is 0 Å². The van der Waals surface area contributed by atoms with Gasteiger partial charge in [0.25, 0.3) is 0 Å². The van der Waals surface area contributed by atoms with Crippen LogP contribution in [0.5, 0.6) is 0 Å². The van der Waals surface area contributed by atoms with E-state index in [4.69, 9.17) is 10.5 Å². The van der Waals surface area contributed by atoms with Crippen LogP contribution >= 0.6 is 0 Å². The van der Waals surface area contributed by atoms with Crippen LogP contribution in [0.25, 0.3) is 4.98 Å². The number of rotatable bonds is 2. The van der Waals surface area contributed by atoms with Crippen molar-refractivity contribution in [2.45, 2.75) is 13.8 Å². The molecule has 1 unspecified atom stereocenters. The van der Waals surface area contributed by atoms with Gasteiger partial charge < -0.3 is 5.11 Å². The lowest BCUT2D eigenvalue weighted by Gasteiger charge is -2.04. The molecule has 3 nitrogen and oxygen atoms in total. The van der Waals surface area contributed by atoms with Crippen molar-refractivity contribution in [3.63, 3.8) is 0 Å². The number of hydrogen-bond donors (Lipinski definition) is 1. The highest BCUT2D eigenvalue weighted by molar-refractivity contribution is 5.11. The molecule has 10 heavy (non-hydrogen) atoms. The molecule has 0 aliphatic rings. The van der Waals surface area contributed by atoms with Crippen LogP contribution in [-0.2, 0) is 0 Å². The van der Waals surface area contributed by atoms with Gasteiger partial charge in [0.1, 0.15) is 0 Å². The summed E-state index contributed by atoms with van der Waals surface area (Å²) in [5.41, 5.74) is 0.831. The Morgan fingerprint density at radius 2 is 2.30 bits per heavy atom. The van der Waals surface area contributed by atoms with Crippen molar-refractivity contribution >= 4 is 0 Å². The van der Waals surface area contributed by atoms with Gasteiger partial charge in [0.15, 0.2) is 10.7 Å². The lowest BCUT2D eigenvalue weighted by molar-refractivity contribution is 0.359. The molecule has 0 aromatic carbocycles. The molecule has 0 radical (unpaired) electrons. The third kappa shape index (κ3) is 2.31. The molecule has 54 valence electrons. The van der Waals surface area contributed by atoms with E-state index in [2.05, 4.69) is 11.6 Å². The van der Waals surface area contributed by atoms with Gasteiger partial charge in [-0.1, -0.05) is 19.1 Å². The second-order valence-electron chi connectivity index (χ2n) is 2.24. The monoisotopic (exact) mass is 139 g/mol. The average Bonchev–Trinajstić information content (AvgIpc) is 1.87. The number of allylic oxidation sites excluding steroid dienone is 1. The Labute approximate surface area is 60.3 Å². The molecule has 0 amide bonds. The summed E-state index contributed by atoms with van der Waals surface area (Å²) in [6.45, 7) is 7.21. The van der Waals surface area contributed by atoms with Crippen molar-refractivity contribution in [2.75, 3.05) is 0 Å². The molecule has 0 rings (SSSR count). The lowest BCUT2D eigenvalue weighted by Crippen LogP contribution is -1.98. The van der Waals surface area contributed by atoms with E-state index in [1.807, 2.05) is 0 Å². The van der Waals surface area contributed by atoms with Crippen molar-refractivity contribution in [2.24, 2.45) is 5.92 Å². The van der Waals surface area contributed by atoms with E-state index in [0.717, 1.165) is 11.8 Å². The van der Waals surface area contributed by atoms with Crippen LogP contribution in [0.3, 0.4) is 0 Å². The molecule has 0 heterocycles. The molecule has 0 saturated heterocycles. The maximum Gasteiger partial charge on any atom is 0.387 e. The Morgan fingerprint density at radius 3 is 2.60 bits per heavy atom. The van der Waals surface area contributed by atoms with E-state index < -0.39 is 0 Å². The first-order valence-electron chi connectivity index (χ1n) is 2.98. The summed E-state index contributed by atoms with van der Waals surface area (Å²) in [6.07, 6.45) is 0.999.